The minimum Gasteiger partial charge on any atom is -0.474 e. The summed E-state index contributed by atoms with van der Waals surface area (Å²) >= 11 is 0. The number of ether oxygens (including phenoxy) is 3. The van der Waals surface area contributed by atoms with Gasteiger partial charge in [-0.25, -0.2) is 4.98 Å². The number of nitrogens with one attached hydrogen (secondary N) is 1. The summed E-state index contributed by atoms with van der Waals surface area (Å²) < 4.78 is 19.7. The van der Waals surface area contributed by atoms with Crippen molar-refractivity contribution in [1.82, 2.24) is 19.9 Å². The van der Waals surface area contributed by atoms with Crippen LogP contribution in [0.15, 0.2) is 42.9 Å². The van der Waals surface area contributed by atoms with E-state index in [1.54, 1.807) is 13.3 Å². The second kappa shape index (κ2) is 7.74. The number of methoxy groups -OCH3 is 1. The molecule has 7 nitrogen and oxygen atoms in total. The molecular weight excluding hydrogens is 368 g/mol. The fourth-order valence-corrected chi connectivity index (χ4v) is 3.83. The van der Waals surface area contributed by atoms with Crippen LogP contribution in [0.5, 0.6) is 5.88 Å². The molecule has 0 aromatic carbocycles. The van der Waals surface area contributed by atoms with Crippen molar-refractivity contribution < 1.29 is 14.2 Å². The third-order valence-electron chi connectivity index (χ3n) is 5.61. The number of pyridine rings is 2. The fourth-order valence-electron chi connectivity index (χ4n) is 3.83. The minimum absolute atomic E-state index is 0.0403. The average Bonchev–Trinajstić information content (AvgIpc) is 3.31. The highest BCUT2D eigenvalue weighted by molar-refractivity contribution is 5.86. The Morgan fingerprint density at radius 1 is 1.34 bits per heavy atom. The van der Waals surface area contributed by atoms with Crippen LogP contribution in [0.1, 0.15) is 12.8 Å². The molecule has 1 spiro atoms. The van der Waals surface area contributed by atoms with Gasteiger partial charge < -0.3 is 24.1 Å². The highest BCUT2D eigenvalue weighted by Gasteiger charge is 2.47. The minimum atomic E-state index is 0.0403. The Labute approximate surface area is 170 Å². The predicted molar refractivity (Wildman–Crippen MR) is 110 cm³/mol. The number of morpholine rings is 1. The zero-order valence-corrected chi connectivity index (χ0v) is 16.6. The molecule has 3 aromatic heterocycles. The Morgan fingerprint density at radius 3 is 3.14 bits per heavy atom. The molecular formula is C22H26N4O3. The maximum absolute atomic E-state index is 6.23. The molecule has 0 amide bonds. The normalized spacial score (nSPS) is 20.2. The Hall–Kier alpha value is -2.48. The van der Waals surface area contributed by atoms with Crippen molar-refractivity contribution in [2.24, 2.45) is 0 Å². The first kappa shape index (κ1) is 18.5. The number of aromatic nitrogens is 3. The van der Waals surface area contributed by atoms with Gasteiger partial charge in [-0.3, -0.25) is 4.98 Å². The lowest BCUT2D eigenvalue weighted by molar-refractivity contribution is -0.0716. The smallest absolute Gasteiger partial charge is 0.223 e. The summed E-state index contributed by atoms with van der Waals surface area (Å²) in [6, 6.07) is 7.98. The largest absolute Gasteiger partial charge is 0.474 e. The van der Waals surface area contributed by atoms with Crippen LogP contribution in [0.3, 0.4) is 0 Å². The van der Waals surface area contributed by atoms with E-state index in [1.807, 2.05) is 24.4 Å². The van der Waals surface area contributed by atoms with Crippen molar-refractivity contribution in [1.29, 1.82) is 0 Å². The van der Waals surface area contributed by atoms with Gasteiger partial charge in [0.2, 0.25) is 5.88 Å². The lowest BCUT2D eigenvalue weighted by Gasteiger charge is -2.30. The number of hydrogen-bond acceptors (Lipinski definition) is 6. The fraction of sp³-hybridized carbons (Fsp3) is 0.455. The van der Waals surface area contributed by atoms with Crippen molar-refractivity contribution >= 4 is 10.9 Å². The SMILES string of the molecule is COCCn1ccc(-c2cc3ncccc3c(OC[C@@H]3CNCC4(CC4)O3)n2)c1. The molecule has 1 aliphatic heterocycles. The highest BCUT2D eigenvalue weighted by Crippen LogP contribution is 2.41. The summed E-state index contributed by atoms with van der Waals surface area (Å²) in [4.78, 5) is 9.34. The monoisotopic (exact) mass is 394 g/mol. The molecule has 4 heterocycles. The Balaban J connectivity index is 1.39. The number of rotatable bonds is 7. The molecule has 1 saturated heterocycles. The lowest BCUT2D eigenvalue weighted by Crippen LogP contribution is -2.48. The summed E-state index contributed by atoms with van der Waals surface area (Å²) in [5.41, 5.74) is 2.81. The van der Waals surface area contributed by atoms with Gasteiger partial charge >= 0.3 is 0 Å². The number of nitrogens with zero attached hydrogens (tertiary/aromatic N) is 3. The summed E-state index contributed by atoms with van der Waals surface area (Å²) in [5, 5.41) is 4.38. The maximum atomic E-state index is 6.23. The van der Waals surface area contributed by atoms with Crippen LogP contribution in [0.25, 0.3) is 22.2 Å². The van der Waals surface area contributed by atoms with Crippen molar-refractivity contribution in [2.45, 2.75) is 31.1 Å². The van der Waals surface area contributed by atoms with E-state index in [-0.39, 0.29) is 11.7 Å². The molecule has 1 aliphatic carbocycles. The quantitative estimate of drug-likeness (QED) is 0.664. The van der Waals surface area contributed by atoms with Gasteiger partial charge in [0.05, 0.1) is 28.8 Å². The molecule has 29 heavy (non-hydrogen) atoms. The van der Waals surface area contributed by atoms with E-state index >= 15 is 0 Å². The van der Waals surface area contributed by atoms with Crippen LogP contribution in [-0.2, 0) is 16.0 Å². The predicted octanol–water partition coefficient (Wildman–Crippen LogP) is 2.64. The molecule has 5 rings (SSSR count). The lowest BCUT2D eigenvalue weighted by atomic mass is 10.1. The molecule has 0 radical (unpaired) electrons. The molecule has 7 heteroatoms. The van der Waals surface area contributed by atoms with Crippen LogP contribution in [0.2, 0.25) is 0 Å². The van der Waals surface area contributed by atoms with E-state index in [2.05, 4.69) is 27.1 Å². The van der Waals surface area contributed by atoms with Crippen molar-refractivity contribution in [3.63, 3.8) is 0 Å². The van der Waals surface area contributed by atoms with E-state index in [1.165, 1.54) is 0 Å². The van der Waals surface area contributed by atoms with Crippen molar-refractivity contribution in [3.05, 3.63) is 42.9 Å². The number of hydrogen-bond donors (Lipinski definition) is 1. The zero-order valence-electron chi connectivity index (χ0n) is 16.6. The van der Waals surface area contributed by atoms with Gasteiger partial charge in [0.15, 0.2) is 0 Å². The molecule has 152 valence electrons. The van der Waals surface area contributed by atoms with Gasteiger partial charge in [0.1, 0.15) is 12.7 Å². The van der Waals surface area contributed by atoms with Crippen LogP contribution >= 0.6 is 0 Å². The van der Waals surface area contributed by atoms with Gasteiger partial charge in [0.25, 0.3) is 0 Å². The summed E-state index contributed by atoms with van der Waals surface area (Å²) in [5.74, 6) is 0.606. The topological polar surface area (TPSA) is 70.4 Å². The van der Waals surface area contributed by atoms with Gasteiger partial charge in [-0.2, -0.15) is 0 Å². The second-order valence-electron chi connectivity index (χ2n) is 7.88. The third kappa shape index (κ3) is 3.99. The summed E-state index contributed by atoms with van der Waals surface area (Å²) in [6.07, 6.45) is 8.22. The van der Waals surface area contributed by atoms with Crippen molar-refractivity contribution in [2.75, 3.05) is 33.4 Å². The van der Waals surface area contributed by atoms with Gasteiger partial charge in [0, 0.05) is 50.9 Å². The van der Waals surface area contributed by atoms with Crippen LogP contribution in [0.4, 0.5) is 0 Å². The van der Waals surface area contributed by atoms with Crippen LogP contribution < -0.4 is 10.1 Å². The molecule has 3 aromatic rings. The van der Waals surface area contributed by atoms with Crippen LogP contribution in [-0.4, -0.2) is 59.7 Å². The Bertz CT molecular complexity index is 999. The average molecular weight is 394 g/mol. The van der Waals surface area contributed by atoms with E-state index in [0.29, 0.717) is 19.1 Å². The highest BCUT2D eigenvalue weighted by atomic mass is 16.6. The maximum Gasteiger partial charge on any atom is 0.223 e. The van der Waals surface area contributed by atoms with Gasteiger partial charge in [-0.05, 0) is 37.1 Å². The van der Waals surface area contributed by atoms with Crippen LogP contribution in [0, 0.1) is 0 Å². The van der Waals surface area contributed by atoms with Gasteiger partial charge in [-0.15, -0.1) is 0 Å². The van der Waals surface area contributed by atoms with Crippen molar-refractivity contribution in [3.8, 4) is 17.1 Å². The van der Waals surface area contributed by atoms with Gasteiger partial charge in [-0.1, -0.05) is 0 Å². The Morgan fingerprint density at radius 2 is 2.28 bits per heavy atom. The first-order valence-electron chi connectivity index (χ1n) is 10.2. The standard InChI is InChI=1S/C22H26N4O3/c1-27-10-9-26-8-4-16(13-26)19-11-20-18(3-2-7-24-20)21(25-19)28-14-17-12-23-15-22(29-17)5-6-22/h2-4,7-8,11,13,17,23H,5-6,9-10,12,14-15H2,1H3/t17-/m0/s1. The molecule has 2 fully saturated rings. The molecule has 2 aliphatic rings. The summed E-state index contributed by atoms with van der Waals surface area (Å²) in [6.45, 7) is 3.71. The Kier molecular flexibility index (Phi) is 4.95. The zero-order chi connectivity index (χ0) is 19.7. The molecule has 1 N–H and O–H groups in total. The van der Waals surface area contributed by atoms with E-state index in [0.717, 1.165) is 54.6 Å². The summed E-state index contributed by atoms with van der Waals surface area (Å²) in [7, 11) is 1.71. The molecule has 0 unspecified atom stereocenters. The third-order valence-corrected chi connectivity index (χ3v) is 5.61. The first-order chi connectivity index (χ1) is 14.2. The van der Waals surface area contributed by atoms with E-state index in [9.17, 15) is 0 Å². The van der Waals surface area contributed by atoms with E-state index < -0.39 is 0 Å². The second-order valence-corrected chi connectivity index (χ2v) is 7.88. The number of fused-ring (bicyclic) bond motifs is 1. The van der Waals surface area contributed by atoms with E-state index in [4.69, 9.17) is 19.2 Å². The molecule has 0 bridgehead atoms. The first-order valence-corrected chi connectivity index (χ1v) is 10.2. The molecule has 1 atom stereocenters. The molecule has 1 saturated carbocycles.